The van der Waals surface area contributed by atoms with Crippen molar-refractivity contribution in [3.05, 3.63) is 58.7 Å². The Labute approximate surface area is 147 Å². The molecule has 2 aromatic rings. The highest BCUT2D eigenvalue weighted by atomic mass is 28.3. The summed E-state index contributed by atoms with van der Waals surface area (Å²) < 4.78 is 0. The number of rotatable bonds is 5. The molecule has 0 spiro atoms. The Morgan fingerprint density at radius 2 is 1.67 bits per heavy atom. The summed E-state index contributed by atoms with van der Waals surface area (Å²) in [7, 11) is -1.51. The van der Waals surface area contributed by atoms with Gasteiger partial charge in [-0.25, -0.2) is 0 Å². The van der Waals surface area contributed by atoms with Crippen LogP contribution in [0.5, 0.6) is 0 Å². The molecule has 0 fully saturated rings. The summed E-state index contributed by atoms with van der Waals surface area (Å²) in [5.41, 5.74) is 9.42. The van der Waals surface area contributed by atoms with Crippen molar-refractivity contribution >= 4 is 18.5 Å². The first-order valence-electron chi connectivity index (χ1n) is 9.56. The molecule has 24 heavy (non-hydrogen) atoms. The largest absolute Gasteiger partial charge is 0.113 e. The van der Waals surface area contributed by atoms with Crippen molar-refractivity contribution in [2.24, 2.45) is 0 Å². The molecular formula is C23H28Si. The van der Waals surface area contributed by atoms with E-state index in [4.69, 9.17) is 0 Å². The second kappa shape index (κ2) is 5.74. The number of unbranched alkanes of at least 4 members (excludes halogenated alkanes) is 1. The Morgan fingerprint density at radius 1 is 0.917 bits per heavy atom. The monoisotopic (exact) mass is 332 g/mol. The van der Waals surface area contributed by atoms with Crippen LogP contribution in [0.15, 0.2) is 42.0 Å². The van der Waals surface area contributed by atoms with E-state index in [1.165, 1.54) is 43.2 Å². The van der Waals surface area contributed by atoms with Crippen molar-refractivity contribution in [2.75, 3.05) is 0 Å². The third-order valence-corrected chi connectivity index (χ3v) is 9.70. The molecular weight excluding hydrogens is 304 g/mol. The van der Waals surface area contributed by atoms with E-state index in [9.17, 15) is 0 Å². The molecule has 124 valence electrons. The molecule has 0 amide bonds. The average Bonchev–Trinajstić information content (AvgIpc) is 3.05. The molecule has 0 nitrogen and oxygen atoms in total. The Kier molecular flexibility index (Phi) is 3.80. The van der Waals surface area contributed by atoms with E-state index in [-0.39, 0.29) is 0 Å². The van der Waals surface area contributed by atoms with Gasteiger partial charge in [0.15, 0.2) is 0 Å². The molecule has 1 aliphatic carbocycles. The highest BCUT2D eigenvalue weighted by Gasteiger charge is 2.45. The van der Waals surface area contributed by atoms with Crippen LogP contribution in [0.1, 0.15) is 49.8 Å². The van der Waals surface area contributed by atoms with Gasteiger partial charge in [0.1, 0.15) is 8.07 Å². The summed E-state index contributed by atoms with van der Waals surface area (Å²) in [5, 5.41) is 3.42. The molecule has 0 radical (unpaired) electrons. The van der Waals surface area contributed by atoms with Gasteiger partial charge in [-0.1, -0.05) is 75.3 Å². The fraction of sp³-hybridized carbons (Fsp3) is 0.391. The van der Waals surface area contributed by atoms with Crippen LogP contribution in [0.3, 0.4) is 0 Å². The number of aryl methyl sites for hydroxylation is 1. The lowest BCUT2D eigenvalue weighted by atomic mass is 9.96. The smallest absolute Gasteiger partial charge is 0.0658 e. The van der Waals surface area contributed by atoms with Crippen LogP contribution < -0.4 is 5.19 Å². The van der Waals surface area contributed by atoms with Crippen molar-refractivity contribution in [3.63, 3.8) is 0 Å². The Balaban J connectivity index is 1.83. The summed E-state index contributed by atoms with van der Waals surface area (Å²) in [4.78, 5) is 0. The summed E-state index contributed by atoms with van der Waals surface area (Å²) >= 11 is 0. The van der Waals surface area contributed by atoms with Crippen LogP contribution >= 0.6 is 0 Å². The van der Waals surface area contributed by atoms with Crippen molar-refractivity contribution in [1.82, 2.24) is 0 Å². The van der Waals surface area contributed by atoms with Gasteiger partial charge in [-0.05, 0) is 63.9 Å². The molecule has 1 heteroatoms. The molecule has 1 aliphatic heterocycles. The normalized spacial score (nSPS) is 17.0. The summed E-state index contributed by atoms with van der Waals surface area (Å²) in [5.74, 6) is 0. The van der Waals surface area contributed by atoms with E-state index >= 15 is 0 Å². The lowest BCUT2D eigenvalue weighted by molar-refractivity contribution is 0.795. The first-order valence-corrected chi connectivity index (χ1v) is 12.6. The van der Waals surface area contributed by atoms with E-state index in [1.54, 1.807) is 32.6 Å². The van der Waals surface area contributed by atoms with E-state index < -0.39 is 8.07 Å². The minimum absolute atomic E-state index is 1.19. The first-order chi connectivity index (χ1) is 11.6. The number of hydrogen-bond acceptors (Lipinski definition) is 0. The molecule has 0 atom stereocenters. The number of fused-ring (bicyclic) bond motifs is 1. The summed E-state index contributed by atoms with van der Waals surface area (Å²) in [6.45, 7) is 9.70. The van der Waals surface area contributed by atoms with Crippen molar-refractivity contribution in [1.29, 1.82) is 0 Å². The average molecular weight is 333 g/mol. The zero-order valence-corrected chi connectivity index (χ0v) is 16.5. The predicted molar refractivity (Wildman–Crippen MR) is 109 cm³/mol. The third kappa shape index (κ3) is 2.18. The van der Waals surface area contributed by atoms with Gasteiger partial charge in [-0.15, -0.1) is 0 Å². The van der Waals surface area contributed by atoms with Gasteiger partial charge < -0.3 is 0 Å². The van der Waals surface area contributed by atoms with Crippen LogP contribution in [-0.2, 0) is 12.8 Å². The maximum atomic E-state index is 2.55. The Hall–Kier alpha value is -1.60. The molecule has 2 bridgehead atoms. The van der Waals surface area contributed by atoms with E-state index in [1.807, 2.05) is 0 Å². The second-order valence-corrected chi connectivity index (χ2v) is 12.2. The molecule has 0 saturated heterocycles. The molecule has 0 aromatic heterocycles. The van der Waals surface area contributed by atoms with Gasteiger partial charge >= 0.3 is 0 Å². The molecule has 4 rings (SSSR count). The third-order valence-electron chi connectivity index (χ3n) is 6.09. The van der Waals surface area contributed by atoms with Gasteiger partial charge in [0.05, 0.1) is 0 Å². The Bertz CT molecular complexity index is 822. The second-order valence-electron chi connectivity index (χ2n) is 7.96. The molecule has 0 saturated carbocycles. The number of allylic oxidation sites excluding steroid dienone is 1. The standard InChI is InChI=1S/C23H28Si/c1-5-7-8-16-9-11-18(12-10-16)21-20-14-13-19-15-17(6-2)23(22(19)21)24(20,3)4/h9-14H,5-8,15H2,1-4H3. The van der Waals surface area contributed by atoms with Crippen LogP contribution in [-0.4, -0.2) is 8.07 Å². The highest BCUT2D eigenvalue weighted by Crippen LogP contribution is 2.49. The fourth-order valence-electron chi connectivity index (χ4n) is 4.80. The number of hydrogen-bond donors (Lipinski definition) is 0. The minimum Gasteiger partial charge on any atom is -0.0658 e. The highest BCUT2D eigenvalue weighted by molar-refractivity contribution is 7.07. The van der Waals surface area contributed by atoms with Gasteiger partial charge in [0, 0.05) is 0 Å². The van der Waals surface area contributed by atoms with Gasteiger partial charge in [-0.2, -0.15) is 0 Å². The molecule has 2 aromatic carbocycles. The van der Waals surface area contributed by atoms with Crippen LogP contribution in [0.2, 0.25) is 13.1 Å². The minimum atomic E-state index is -1.51. The van der Waals surface area contributed by atoms with Gasteiger partial charge in [-0.3, -0.25) is 0 Å². The number of benzene rings is 2. The molecule has 1 heterocycles. The first kappa shape index (κ1) is 15.9. The van der Waals surface area contributed by atoms with Crippen molar-refractivity contribution < 1.29 is 0 Å². The van der Waals surface area contributed by atoms with Crippen molar-refractivity contribution in [2.45, 2.75) is 59.0 Å². The van der Waals surface area contributed by atoms with Crippen molar-refractivity contribution in [3.8, 4) is 11.1 Å². The molecule has 2 aliphatic rings. The van der Waals surface area contributed by atoms with E-state index in [2.05, 4.69) is 63.3 Å². The summed E-state index contributed by atoms with van der Waals surface area (Å²) in [6, 6.07) is 14.3. The lowest BCUT2D eigenvalue weighted by Gasteiger charge is -2.21. The quantitative estimate of drug-likeness (QED) is 0.599. The van der Waals surface area contributed by atoms with E-state index in [0.717, 1.165) is 0 Å². The zero-order chi connectivity index (χ0) is 16.9. The fourth-order valence-corrected chi connectivity index (χ4v) is 8.53. The Morgan fingerprint density at radius 3 is 2.33 bits per heavy atom. The maximum absolute atomic E-state index is 2.55. The topological polar surface area (TPSA) is 0 Å². The van der Waals surface area contributed by atoms with Gasteiger partial charge in [0.25, 0.3) is 0 Å². The summed E-state index contributed by atoms with van der Waals surface area (Å²) in [6.07, 6.45) is 6.17. The van der Waals surface area contributed by atoms with E-state index in [0.29, 0.717) is 0 Å². The SMILES string of the molecule is CCCCc1ccc(-c2c3ccc4c2C(=C(CC)C4)[Si]3(C)C)cc1. The zero-order valence-electron chi connectivity index (χ0n) is 15.5. The van der Waals surface area contributed by atoms with Crippen LogP contribution in [0.25, 0.3) is 16.3 Å². The molecule has 0 N–H and O–H groups in total. The molecule has 0 unspecified atom stereocenters. The van der Waals surface area contributed by atoms with Crippen LogP contribution in [0.4, 0.5) is 0 Å². The maximum Gasteiger partial charge on any atom is 0.113 e. The predicted octanol–water partition coefficient (Wildman–Crippen LogP) is 5.88. The van der Waals surface area contributed by atoms with Gasteiger partial charge in [0.2, 0.25) is 0 Å². The van der Waals surface area contributed by atoms with Crippen LogP contribution in [0, 0.1) is 0 Å². The lowest BCUT2D eigenvalue weighted by Crippen LogP contribution is -2.39.